The molecule has 2 rings (SSSR count). The van der Waals surface area contributed by atoms with Gasteiger partial charge in [0.25, 0.3) is 0 Å². The second-order valence-corrected chi connectivity index (χ2v) is 5.50. The minimum absolute atomic E-state index is 0.125. The highest BCUT2D eigenvalue weighted by molar-refractivity contribution is 5.35. The molecule has 0 saturated carbocycles. The molecular weight excluding hydrogens is 240 g/mol. The second kappa shape index (κ2) is 6.19. The lowest BCUT2D eigenvalue weighted by molar-refractivity contribution is 0.232. The summed E-state index contributed by atoms with van der Waals surface area (Å²) in [7, 11) is 0. The van der Waals surface area contributed by atoms with Crippen molar-refractivity contribution in [3.63, 3.8) is 0 Å². The molecule has 0 amide bonds. The van der Waals surface area contributed by atoms with E-state index in [1.54, 1.807) is 0 Å². The van der Waals surface area contributed by atoms with Crippen molar-refractivity contribution < 1.29 is 4.74 Å². The Morgan fingerprint density at radius 1 is 1.47 bits per heavy atom. The van der Waals surface area contributed by atoms with E-state index >= 15 is 0 Å². The summed E-state index contributed by atoms with van der Waals surface area (Å²) in [6, 6.07) is 1.88. The van der Waals surface area contributed by atoms with Gasteiger partial charge in [0, 0.05) is 24.8 Å². The van der Waals surface area contributed by atoms with Gasteiger partial charge in [0.05, 0.1) is 6.10 Å². The van der Waals surface area contributed by atoms with Gasteiger partial charge < -0.3 is 15.4 Å². The molecule has 106 valence electrons. The third-order valence-corrected chi connectivity index (χ3v) is 3.31. The van der Waals surface area contributed by atoms with Gasteiger partial charge >= 0.3 is 0 Å². The predicted octanol–water partition coefficient (Wildman–Crippen LogP) is 1.75. The van der Waals surface area contributed by atoms with Gasteiger partial charge in [0.15, 0.2) is 0 Å². The number of aryl methyl sites for hydroxylation is 1. The van der Waals surface area contributed by atoms with E-state index in [0.29, 0.717) is 11.8 Å². The van der Waals surface area contributed by atoms with Crippen LogP contribution in [-0.4, -0.2) is 35.7 Å². The van der Waals surface area contributed by atoms with Crippen LogP contribution in [0.15, 0.2) is 6.07 Å². The summed E-state index contributed by atoms with van der Waals surface area (Å²) in [5, 5.41) is 0. The largest absolute Gasteiger partial charge is 0.475 e. The van der Waals surface area contributed by atoms with Crippen LogP contribution in [0.2, 0.25) is 0 Å². The average Bonchev–Trinajstić information content (AvgIpc) is 2.37. The number of nitrogens with two attached hydrogens (primary N) is 1. The minimum atomic E-state index is 0.125. The first-order valence-corrected chi connectivity index (χ1v) is 7.06. The molecule has 2 N–H and O–H groups in total. The van der Waals surface area contributed by atoms with Crippen molar-refractivity contribution in [2.24, 2.45) is 11.7 Å². The number of piperidine rings is 1. The zero-order valence-corrected chi connectivity index (χ0v) is 12.1. The van der Waals surface area contributed by atoms with Crippen LogP contribution in [0.4, 0.5) is 5.95 Å². The number of rotatable bonds is 4. The Labute approximate surface area is 115 Å². The predicted molar refractivity (Wildman–Crippen MR) is 76.5 cm³/mol. The number of hydrogen-bond acceptors (Lipinski definition) is 5. The van der Waals surface area contributed by atoms with Crippen LogP contribution in [0.5, 0.6) is 5.88 Å². The summed E-state index contributed by atoms with van der Waals surface area (Å²) in [5.41, 5.74) is 6.72. The molecule has 5 heteroatoms. The molecule has 0 spiro atoms. The van der Waals surface area contributed by atoms with Gasteiger partial charge in [-0.1, -0.05) is 0 Å². The molecule has 5 nitrogen and oxygen atoms in total. The topological polar surface area (TPSA) is 64.3 Å². The normalized spacial score (nSPS) is 19.8. The van der Waals surface area contributed by atoms with Gasteiger partial charge in [0.1, 0.15) is 0 Å². The lowest BCUT2D eigenvalue weighted by Crippen LogP contribution is -2.39. The molecule has 0 bridgehead atoms. The average molecular weight is 264 g/mol. The summed E-state index contributed by atoms with van der Waals surface area (Å²) in [6.45, 7) is 8.66. The van der Waals surface area contributed by atoms with Crippen molar-refractivity contribution in [1.29, 1.82) is 0 Å². The van der Waals surface area contributed by atoms with Crippen molar-refractivity contribution in [2.75, 3.05) is 24.5 Å². The van der Waals surface area contributed by atoms with Gasteiger partial charge in [-0.15, -0.1) is 0 Å². The van der Waals surface area contributed by atoms with Gasteiger partial charge in [-0.25, -0.2) is 4.98 Å². The first-order valence-electron chi connectivity index (χ1n) is 7.06. The van der Waals surface area contributed by atoms with Crippen LogP contribution in [0.25, 0.3) is 0 Å². The highest BCUT2D eigenvalue weighted by Crippen LogP contribution is 2.22. The quantitative estimate of drug-likeness (QED) is 0.897. The van der Waals surface area contributed by atoms with Crippen LogP contribution >= 0.6 is 0 Å². The molecule has 1 aromatic heterocycles. The van der Waals surface area contributed by atoms with E-state index in [2.05, 4.69) is 14.9 Å². The maximum atomic E-state index is 5.78. The SMILES string of the molecule is Cc1cc(OC(C)C)nc(N2CCCC(CN)C2)n1. The molecule has 1 unspecified atom stereocenters. The fourth-order valence-electron chi connectivity index (χ4n) is 2.41. The highest BCUT2D eigenvalue weighted by atomic mass is 16.5. The minimum Gasteiger partial charge on any atom is -0.475 e. The summed E-state index contributed by atoms with van der Waals surface area (Å²) in [5.74, 6) is 1.98. The van der Waals surface area contributed by atoms with E-state index < -0.39 is 0 Å². The van der Waals surface area contributed by atoms with E-state index in [-0.39, 0.29) is 6.10 Å². The molecule has 0 aliphatic carbocycles. The molecule has 1 fully saturated rings. The standard InChI is InChI=1S/C14H24N4O/c1-10(2)19-13-7-11(3)16-14(17-13)18-6-4-5-12(8-15)9-18/h7,10,12H,4-6,8-9,15H2,1-3H3. The van der Waals surface area contributed by atoms with Crippen LogP contribution in [0.1, 0.15) is 32.4 Å². The van der Waals surface area contributed by atoms with Crippen LogP contribution < -0.4 is 15.4 Å². The zero-order chi connectivity index (χ0) is 13.8. The van der Waals surface area contributed by atoms with Crippen LogP contribution in [-0.2, 0) is 0 Å². The van der Waals surface area contributed by atoms with Crippen molar-refractivity contribution in [3.05, 3.63) is 11.8 Å². The van der Waals surface area contributed by atoms with Crippen LogP contribution in [0.3, 0.4) is 0 Å². The Kier molecular flexibility index (Phi) is 4.58. The number of hydrogen-bond donors (Lipinski definition) is 1. The number of nitrogens with zero attached hydrogens (tertiary/aromatic N) is 3. The number of aromatic nitrogens is 2. The molecule has 19 heavy (non-hydrogen) atoms. The Bertz CT molecular complexity index is 422. The first-order chi connectivity index (χ1) is 9.08. The third kappa shape index (κ3) is 3.80. The van der Waals surface area contributed by atoms with E-state index in [1.165, 1.54) is 6.42 Å². The molecule has 0 aromatic carbocycles. The molecule has 2 heterocycles. The Balaban J connectivity index is 2.16. The van der Waals surface area contributed by atoms with Gasteiger partial charge in [-0.05, 0) is 46.1 Å². The molecule has 1 aliphatic heterocycles. The summed E-state index contributed by atoms with van der Waals surface area (Å²) >= 11 is 0. The Hall–Kier alpha value is -1.36. The number of ether oxygens (including phenoxy) is 1. The lowest BCUT2D eigenvalue weighted by atomic mass is 9.99. The lowest BCUT2D eigenvalue weighted by Gasteiger charge is -2.32. The molecule has 1 saturated heterocycles. The van der Waals surface area contributed by atoms with E-state index in [1.807, 2.05) is 26.8 Å². The Morgan fingerprint density at radius 3 is 2.95 bits per heavy atom. The third-order valence-electron chi connectivity index (χ3n) is 3.31. The van der Waals surface area contributed by atoms with Crippen molar-refractivity contribution >= 4 is 5.95 Å². The zero-order valence-electron chi connectivity index (χ0n) is 12.1. The number of anilines is 1. The van der Waals surface area contributed by atoms with Gasteiger partial charge in [0.2, 0.25) is 11.8 Å². The van der Waals surface area contributed by atoms with E-state index in [4.69, 9.17) is 10.5 Å². The Morgan fingerprint density at radius 2 is 2.26 bits per heavy atom. The fourth-order valence-corrected chi connectivity index (χ4v) is 2.41. The maximum absolute atomic E-state index is 5.78. The van der Waals surface area contributed by atoms with E-state index in [0.717, 1.165) is 37.7 Å². The van der Waals surface area contributed by atoms with Gasteiger partial charge in [-0.3, -0.25) is 0 Å². The highest BCUT2D eigenvalue weighted by Gasteiger charge is 2.21. The van der Waals surface area contributed by atoms with E-state index in [9.17, 15) is 0 Å². The summed E-state index contributed by atoms with van der Waals surface area (Å²) in [6.07, 6.45) is 2.48. The fraction of sp³-hybridized carbons (Fsp3) is 0.714. The van der Waals surface area contributed by atoms with Crippen molar-refractivity contribution in [1.82, 2.24) is 9.97 Å². The molecule has 1 aliphatic rings. The molecule has 1 atom stereocenters. The summed E-state index contributed by atoms with van der Waals surface area (Å²) < 4.78 is 5.68. The second-order valence-electron chi connectivity index (χ2n) is 5.50. The van der Waals surface area contributed by atoms with Gasteiger partial charge in [-0.2, -0.15) is 4.98 Å². The smallest absolute Gasteiger partial charge is 0.228 e. The van der Waals surface area contributed by atoms with Crippen LogP contribution in [0, 0.1) is 12.8 Å². The molecule has 1 aromatic rings. The summed E-state index contributed by atoms with van der Waals surface area (Å²) in [4.78, 5) is 11.3. The monoisotopic (exact) mass is 264 g/mol. The first kappa shape index (κ1) is 14.1. The molecular formula is C14H24N4O. The maximum Gasteiger partial charge on any atom is 0.228 e. The van der Waals surface area contributed by atoms with Crippen molar-refractivity contribution in [3.8, 4) is 5.88 Å². The molecule has 0 radical (unpaired) electrons. The van der Waals surface area contributed by atoms with Crippen molar-refractivity contribution in [2.45, 2.75) is 39.7 Å².